The van der Waals surface area contributed by atoms with E-state index in [0.29, 0.717) is 25.6 Å². The standard InChI is InChI=1S/C18H22N4O3S2.HI/c1-3-20-18(21-10-13-8-9-17(26-13)27(19,23)24)22-11-16-12(2)14-6-4-5-7-15(14)25-16;/h4-9H,3,10-11H2,1-2H3,(H2,19,23,24)(H2,20,21,22);1H. The molecule has 7 nitrogen and oxygen atoms in total. The fourth-order valence-electron chi connectivity index (χ4n) is 2.65. The highest BCUT2D eigenvalue weighted by molar-refractivity contribution is 14.0. The minimum atomic E-state index is -3.66. The van der Waals surface area contributed by atoms with Crippen LogP contribution in [0.5, 0.6) is 0 Å². The monoisotopic (exact) mass is 534 g/mol. The quantitative estimate of drug-likeness (QED) is 0.256. The van der Waals surface area contributed by atoms with Gasteiger partial charge in [-0.2, -0.15) is 0 Å². The lowest BCUT2D eigenvalue weighted by molar-refractivity contribution is 0.548. The highest BCUT2D eigenvalue weighted by Gasteiger charge is 2.12. The average Bonchev–Trinajstić information content (AvgIpc) is 3.23. The molecule has 0 spiro atoms. The van der Waals surface area contributed by atoms with E-state index in [1.807, 2.05) is 38.1 Å². The van der Waals surface area contributed by atoms with E-state index >= 15 is 0 Å². The number of nitrogens with zero attached hydrogens (tertiary/aromatic N) is 1. The fraction of sp³-hybridized carbons (Fsp3) is 0.278. The number of hydrogen-bond acceptors (Lipinski definition) is 5. The molecule has 152 valence electrons. The molecule has 0 amide bonds. The van der Waals surface area contributed by atoms with E-state index in [9.17, 15) is 8.42 Å². The van der Waals surface area contributed by atoms with Crippen LogP contribution in [0.25, 0.3) is 11.0 Å². The third kappa shape index (κ3) is 5.46. The normalized spacial score (nSPS) is 12.0. The molecule has 10 heteroatoms. The minimum absolute atomic E-state index is 0. The Morgan fingerprint density at radius 1 is 1.21 bits per heavy atom. The highest BCUT2D eigenvalue weighted by Crippen LogP contribution is 2.25. The number of para-hydroxylation sites is 1. The number of aryl methyl sites for hydroxylation is 1. The second-order valence-corrected chi connectivity index (χ2v) is 8.92. The summed E-state index contributed by atoms with van der Waals surface area (Å²) >= 11 is 1.14. The number of halogens is 1. The van der Waals surface area contributed by atoms with Crippen molar-refractivity contribution < 1.29 is 12.8 Å². The van der Waals surface area contributed by atoms with Crippen molar-refractivity contribution in [3.8, 4) is 0 Å². The number of guanidine groups is 1. The molecule has 0 aliphatic rings. The summed E-state index contributed by atoms with van der Waals surface area (Å²) in [4.78, 5) is 5.42. The van der Waals surface area contributed by atoms with Gasteiger partial charge in [0, 0.05) is 22.4 Å². The summed E-state index contributed by atoms with van der Waals surface area (Å²) in [6, 6.07) is 11.2. The zero-order chi connectivity index (χ0) is 19.4. The van der Waals surface area contributed by atoms with Gasteiger partial charge in [0.15, 0.2) is 5.96 Å². The van der Waals surface area contributed by atoms with Gasteiger partial charge in [0.05, 0.1) is 6.54 Å². The number of aliphatic imine (C=N–C) groups is 1. The van der Waals surface area contributed by atoms with Crippen LogP contribution in [-0.2, 0) is 23.1 Å². The first kappa shape index (κ1) is 22.7. The van der Waals surface area contributed by atoms with Crippen LogP contribution in [0.15, 0.2) is 50.0 Å². The number of furan rings is 1. The number of nitrogens with one attached hydrogen (secondary N) is 2. The van der Waals surface area contributed by atoms with Gasteiger partial charge < -0.3 is 15.1 Å². The van der Waals surface area contributed by atoms with E-state index in [-0.39, 0.29) is 28.2 Å². The van der Waals surface area contributed by atoms with Crippen LogP contribution in [0, 0.1) is 6.92 Å². The van der Waals surface area contributed by atoms with Gasteiger partial charge in [-0.15, -0.1) is 35.3 Å². The summed E-state index contributed by atoms with van der Waals surface area (Å²) in [7, 11) is -3.66. The van der Waals surface area contributed by atoms with E-state index in [4.69, 9.17) is 9.56 Å². The molecule has 28 heavy (non-hydrogen) atoms. The molecular weight excluding hydrogens is 511 g/mol. The average molecular weight is 534 g/mol. The number of sulfonamides is 1. The zero-order valence-corrected chi connectivity index (χ0v) is 19.5. The van der Waals surface area contributed by atoms with Gasteiger partial charge in [-0.3, -0.25) is 0 Å². The van der Waals surface area contributed by atoms with E-state index in [1.165, 1.54) is 6.07 Å². The van der Waals surface area contributed by atoms with Crippen molar-refractivity contribution in [2.24, 2.45) is 10.1 Å². The van der Waals surface area contributed by atoms with Crippen LogP contribution in [0.4, 0.5) is 0 Å². The highest BCUT2D eigenvalue weighted by atomic mass is 127. The first-order valence-electron chi connectivity index (χ1n) is 8.49. The Hall–Kier alpha value is -1.63. The van der Waals surface area contributed by atoms with Crippen molar-refractivity contribution in [1.82, 2.24) is 10.6 Å². The molecule has 3 rings (SSSR count). The number of fused-ring (bicyclic) bond motifs is 1. The lowest BCUT2D eigenvalue weighted by atomic mass is 10.1. The summed E-state index contributed by atoms with van der Waals surface area (Å²) in [5.74, 6) is 1.45. The molecule has 0 saturated heterocycles. The fourth-order valence-corrected chi connectivity index (χ4v) is 4.36. The summed E-state index contributed by atoms with van der Waals surface area (Å²) in [5.41, 5.74) is 1.94. The van der Waals surface area contributed by atoms with E-state index in [0.717, 1.165) is 38.5 Å². The van der Waals surface area contributed by atoms with Crippen molar-refractivity contribution in [3.63, 3.8) is 0 Å². The Labute approximate surface area is 185 Å². The van der Waals surface area contributed by atoms with E-state index in [2.05, 4.69) is 15.6 Å². The van der Waals surface area contributed by atoms with Crippen LogP contribution in [0.3, 0.4) is 0 Å². The van der Waals surface area contributed by atoms with Crippen molar-refractivity contribution in [3.05, 3.63) is 52.6 Å². The van der Waals surface area contributed by atoms with Crippen LogP contribution < -0.4 is 15.8 Å². The van der Waals surface area contributed by atoms with Crippen LogP contribution in [0.1, 0.15) is 23.1 Å². The van der Waals surface area contributed by atoms with Crippen molar-refractivity contribution in [2.75, 3.05) is 6.54 Å². The molecule has 0 saturated carbocycles. The summed E-state index contributed by atoms with van der Waals surface area (Å²) in [6.07, 6.45) is 0. The van der Waals surface area contributed by atoms with E-state index < -0.39 is 10.0 Å². The molecule has 3 aromatic rings. The molecule has 0 aliphatic carbocycles. The summed E-state index contributed by atoms with van der Waals surface area (Å²) < 4.78 is 28.8. The van der Waals surface area contributed by atoms with Gasteiger partial charge in [-0.25, -0.2) is 18.5 Å². The molecule has 0 aliphatic heterocycles. The molecule has 2 heterocycles. The predicted molar refractivity (Wildman–Crippen MR) is 124 cm³/mol. The smallest absolute Gasteiger partial charge is 0.247 e. The maximum absolute atomic E-state index is 11.4. The molecule has 0 fully saturated rings. The second-order valence-electron chi connectivity index (χ2n) is 5.96. The first-order chi connectivity index (χ1) is 12.9. The number of rotatable bonds is 6. The molecule has 2 aromatic heterocycles. The molecule has 0 radical (unpaired) electrons. The molecule has 4 N–H and O–H groups in total. The lowest BCUT2D eigenvalue weighted by Crippen LogP contribution is -2.36. The predicted octanol–water partition coefficient (Wildman–Crippen LogP) is 3.32. The third-order valence-electron chi connectivity index (χ3n) is 4.01. The van der Waals surface area contributed by atoms with Gasteiger partial charge in [0.1, 0.15) is 22.1 Å². The van der Waals surface area contributed by atoms with Gasteiger partial charge >= 0.3 is 0 Å². The van der Waals surface area contributed by atoms with Crippen molar-refractivity contribution in [2.45, 2.75) is 31.1 Å². The molecule has 0 unspecified atom stereocenters. The van der Waals surface area contributed by atoms with Gasteiger partial charge in [0.2, 0.25) is 10.0 Å². The maximum atomic E-state index is 11.4. The molecule has 1 aromatic carbocycles. The largest absolute Gasteiger partial charge is 0.459 e. The van der Waals surface area contributed by atoms with Gasteiger partial charge in [-0.05, 0) is 32.0 Å². The Kier molecular flexibility index (Phi) is 7.87. The van der Waals surface area contributed by atoms with Crippen molar-refractivity contribution >= 4 is 62.3 Å². The Bertz CT molecular complexity index is 1070. The number of benzene rings is 1. The van der Waals surface area contributed by atoms with Crippen LogP contribution >= 0.6 is 35.3 Å². The Morgan fingerprint density at radius 3 is 2.61 bits per heavy atom. The third-order valence-corrected chi connectivity index (χ3v) is 6.54. The van der Waals surface area contributed by atoms with E-state index in [1.54, 1.807) is 6.07 Å². The summed E-state index contributed by atoms with van der Waals surface area (Å²) in [6.45, 7) is 5.57. The SMILES string of the molecule is CCNC(=NCc1oc2ccccc2c1C)NCc1ccc(S(N)(=O)=O)s1.I. The number of nitrogens with two attached hydrogens (primary N) is 1. The second kappa shape index (κ2) is 9.72. The Balaban J connectivity index is 0.00000280. The Morgan fingerprint density at radius 2 is 1.96 bits per heavy atom. The van der Waals surface area contributed by atoms with Gasteiger partial charge in [0.25, 0.3) is 0 Å². The van der Waals surface area contributed by atoms with Crippen LogP contribution in [0.2, 0.25) is 0 Å². The van der Waals surface area contributed by atoms with Gasteiger partial charge in [-0.1, -0.05) is 18.2 Å². The number of thiophene rings is 1. The molecular formula is C18H23IN4O3S2. The molecule has 0 bridgehead atoms. The lowest BCUT2D eigenvalue weighted by Gasteiger charge is -2.10. The minimum Gasteiger partial charge on any atom is -0.459 e. The maximum Gasteiger partial charge on any atom is 0.247 e. The summed E-state index contributed by atoms with van der Waals surface area (Å²) in [5, 5.41) is 12.6. The zero-order valence-electron chi connectivity index (χ0n) is 15.6. The van der Waals surface area contributed by atoms with Crippen LogP contribution in [-0.4, -0.2) is 20.9 Å². The van der Waals surface area contributed by atoms with Crippen molar-refractivity contribution in [1.29, 1.82) is 0 Å². The first-order valence-corrected chi connectivity index (χ1v) is 10.9. The molecule has 0 atom stereocenters. The number of primary sulfonamides is 1. The number of hydrogen-bond donors (Lipinski definition) is 3. The topological polar surface area (TPSA) is 110 Å².